The number of benzene rings is 3. The number of halogens is 2. The topological polar surface area (TPSA) is 59.1 Å². The number of ether oxygens (including phenoxy) is 1. The molecule has 5 rings (SSSR count). The van der Waals surface area contributed by atoms with Gasteiger partial charge < -0.3 is 4.74 Å². The molecule has 0 radical (unpaired) electrons. The van der Waals surface area contributed by atoms with E-state index in [2.05, 4.69) is 0 Å². The normalized spacial score (nSPS) is 22.1. The van der Waals surface area contributed by atoms with Crippen LogP contribution in [0.25, 0.3) is 0 Å². The summed E-state index contributed by atoms with van der Waals surface area (Å²) in [5.41, 5.74) is 1.82. The van der Waals surface area contributed by atoms with Gasteiger partial charge in [-0.3, -0.25) is 14.4 Å². The first-order valence-corrected chi connectivity index (χ1v) is 11.3. The monoisotopic (exact) mass is 482 g/mol. The summed E-state index contributed by atoms with van der Waals surface area (Å²) in [6.07, 6.45) is -0.981. The van der Waals surface area contributed by atoms with E-state index in [1.165, 1.54) is 4.90 Å². The minimum atomic E-state index is -0.981. The van der Waals surface area contributed by atoms with E-state index in [1.807, 2.05) is 37.3 Å². The quantitative estimate of drug-likeness (QED) is 0.453. The van der Waals surface area contributed by atoms with Crippen LogP contribution in [0, 0.1) is 5.92 Å². The molecule has 8 heteroatoms. The third kappa shape index (κ3) is 3.74. The maximum absolute atomic E-state index is 13.7. The van der Waals surface area contributed by atoms with Crippen LogP contribution in [0.5, 0.6) is 5.75 Å². The van der Waals surface area contributed by atoms with Crippen molar-refractivity contribution in [2.45, 2.75) is 19.1 Å². The van der Waals surface area contributed by atoms with Crippen LogP contribution in [0.4, 0.5) is 11.4 Å². The lowest BCUT2D eigenvalue weighted by Gasteiger charge is -2.29. The van der Waals surface area contributed by atoms with E-state index < -0.39 is 24.0 Å². The number of hydrogen-bond acceptors (Lipinski definition) is 5. The SMILES string of the molecule is CCOc1cccc(N2C(=O)[C@@H]3[C@@H](ON(c4ccccc4)[C@H]3c3ccc(Cl)cc3Cl)C2=O)c1. The van der Waals surface area contributed by atoms with Crippen molar-refractivity contribution in [2.24, 2.45) is 5.92 Å². The fraction of sp³-hybridized carbons (Fsp3) is 0.200. The minimum absolute atomic E-state index is 0.354. The van der Waals surface area contributed by atoms with Crippen molar-refractivity contribution in [2.75, 3.05) is 16.6 Å². The predicted molar refractivity (Wildman–Crippen MR) is 127 cm³/mol. The van der Waals surface area contributed by atoms with Crippen LogP contribution in [0.3, 0.4) is 0 Å². The smallest absolute Gasteiger partial charge is 0.266 e. The Kier molecular flexibility index (Phi) is 5.74. The van der Waals surface area contributed by atoms with Gasteiger partial charge in [-0.1, -0.05) is 53.5 Å². The lowest BCUT2D eigenvalue weighted by atomic mass is 9.90. The number of hydrogen-bond donors (Lipinski definition) is 0. The molecule has 2 aliphatic heterocycles. The van der Waals surface area contributed by atoms with Crippen LogP contribution >= 0.6 is 23.2 Å². The molecule has 3 atom stereocenters. The summed E-state index contributed by atoms with van der Waals surface area (Å²) in [5.74, 6) is -0.982. The number of nitrogens with zero attached hydrogens (tertiary/aromatic N) is 2. The van der Waals surface area contributed by atoms with Crippen LogP contribution in [0.2, 0.25) is 10.0 Å². The van der Waals surface area contributed by atoms with Gasteiger partial charge in [0.2, 0.25) is 5.91 Å². The molecule has 0 aromatic heterocycles. The average Bonchev–Trinajstić information content (AvgIpc) is 3.31. The molecule has 0 unspecified atom stereocenters. The molecule has 2 saturated heterocycles. The zero-order chi connectivity index (χ0) is 23.1. The first-order chi connectivity index (χ1) is 16.0. The molecule has 0 aliphatic carbocycles. The standard InChI is InChI=1S/C25H20Cl2N2O4/c1-2-32-18-10-6-9-17(14-18)28-24(30)21-22(19-12-11-15(26)13-20(19)27)29(33-23(21)25(28)31)16-7-4-3-5-8-16/h3-14,21-23H,2H2,1H3/t21-,22-,23+/m0/s1. The molecule has 2 amide bonds. The second kappa shape index (κ2) is 8.71. The number of fused-ring (bicyclic) bond motifs is 1. The van der Waals surface area contributed by atoms with Gasteiger partial charge >= 0.3 is 0 Å². The highest BCUT2D eigenvalue weighted by Gasteiger charge is 2.60. The van der Waals surface area contributed by atoms with Crippen LogP contribution in [-0.4, -0.2) is 24.5 Å². The highest BCUT2D eigenvalue weighted by atomic mass is 35.5. The van der Waals surface area contributed by atoms with Crippen LogP contribution in [-0.2, 0) is 14.4 Å². The van der Waals surface area contributed by atoms with E-state index in [4.69, 9.17) is 32.8 Å². The Morgan fingerprint density at radius 1 is 0.909 bits per heavy atom. The van der Waals surface area contributed by atoms with Crippen molar-refractivity contribution in [1.82, 2.24) is 0 Å². The molecule has 3 aromatic rings. The molecule has 2 fully saturated rings. The van der Waals surface area contributed by atoms with Gasteiger partial charge in [0.15, 0.2) is 6.10 Å². The summed E-state index contributed by atoms with van der Waals surface area (Å²) in [6.45, 7) is 2.35. The Morgan fingerprint density at radius 3 is 2.39 bits per heavy atom. The molecule has 2 aliphatic rings. The first-order valence-electron chi connectivity index (χ1n) is 10.6. The Labute approximate surface area is 201 Å². The second-order valence-corrected chi connectivity index (χ2v) is 8.61. The van der Waals surface area contributed by atoms with E-state index in [0.717, 1.165) is 0 Å². The van der Waals surface area contributed by atoms with Gasteiger partial charge in [0, 0.05) is 16.1 Å². The number of para-hydroxylation sites is 1. The van der Waals surface area contributed by atoms with E-state index in [9.17, 15) is 9.59 Å². The molecule has 168 valence electrons. The van der Waals surface area contributed by atoms with Crippen molar-refractivity contribution in [3.8, 4) is 5.75 Å². The molecule has 0 saturated carbocycles. The van der Waals surface area contributed by atoms with Crippen molar-refractivity contribution in [1.29, 1.82) is 0 Å². The Hall–Kier alpha value is -3.06. The summed E-state index contributed by atoms with van der Waals surface area (Å²) in [6, 6.07) is 20.7. The molecule has 3 aromatic carbocycles. The lowest BCUT2D eigenvalue weighted by molar-refractivity contribution is -0.126. The number of carbonyl (C=O) groups is 2. The van der Waals surface area contributed by atoms with Gasteiger partial charge in [0.25, 0.3) is 5.91 Å². The Balaban J connectivity index is 1.58. The van der Waals surface area contributed by atoms with Crippen molar-refractivity contribution in [3.63, 3.8) is 0 Å². The van der Waals surface area contributed by atoms with Gasteiger partial charge in [-0.25, -0.2) is 9.96 Å². The third-order valence-electron chi connectivity index (χ3n) is 5.79. The fourth-order valence-electron chi connectivity index (χ4n) is 4.40. The maximum atomic E-state index is 13.7. The van der Waals surface area contributed by atoms with Gasteiger partial charge in [-0.05, 0) is 48.9 Å². The van der Waals surface area contributed by atoms with Gasteiger partial charge in [-0.15, -0.1) is 0 Å². The average molecular weight is 483 g/mol. The summed E-state index contributed by atoms with van der Waals surface area (Å²) in [5, 5.41) is 2.48. The summed E-state index contributed by atoms with van der Waals surface area (Å²) in [7, 11) is 0. The van der Waals surface area contributed by atoms with Crippen molar-refractivity contribution < 1.29 is 19.2 Å². The molecular weight excluding hydrogens is 463 g/mol. The van der Waals surface area contributed by atoms with Gasteiger partial charge in [0.05, 0.1) is 24.0 Å². The largest absolute Gasteiger partial charge is 0.494 e. The van der Waals surface area contributed by atoms with E-state index >= 15 is 0 Å². The molecule has 0 bridgehead atoms. The maximum Gasteiger partial charge on any atom is 0.266 e. The molecule has 0 spiro atoms. The summed E-state index contributed by atoms with van der Waals surface area (Å²) < 4.78 is 5.54. The zero-order valence-corrected chi connectivity index (χ0v) is 19.2. The molecular formula is C25H20Cl2N2O4. The predicted octanol–water partition coefficient (Wildman–Crippen LogP) is 5.44. The molecule has 6 nitrogen and oxygen atoms in total. The molecule has 2 heterocycles. The van der Waals surface area contributed by atoms with Gasteiger partial charge in [0.1, 0.15) is 11.7 Å². The Morgan fingerprint density at radius 2 is 1.67 bits per heavy atom. The van der Waals surface area contributed by atoms with Crippen molar-refractivity contribution >= 4 is 46.4 Å². The number of imide groups is 1. The second-order valence-electron chi connectivity index (χ2n) is 7.77. The van der Waals surface area contributed by atoms with Crippen LogP contribution in [0.1, 0.15) is 18.5 Å². The zero-order valence-electron chi connectivity index (χ0n) is 17.7. The van der Waals surface area contributed by atoms with E-state index in [-0.39, 0.29) is 5.91 Å². The van der Waals surface area contributed by atoms with Crippen LogP contribution < -0.4 is 14.7 Å². The first kappa shape index (κ1) is 21.8. The van der Waals surface area contributed by atoms with Crippen LogP contribution in [0.15, 0.2) is 72.8 Å². The molecule has 0 N–H and O–H groups in total. The van der Waals surface area contributed by atoms with Crippen molar-refractivity contribution in [3.05, 3.63) is 88.4 Å². The third-order valence-corrected chi connectivity index (χ3v) is 6.36. The number of anilines is 2. The summed E-state index contributed by atoms with van der Waals surface area (Å²) in [4.78, 5) is 34.4. The highest BCUT2D eigenvalue weighted by molar-refractivity contribution is 6.35. The molecule has 33 heavy (non-hydrogen) atoms. The number of amides is 2. The fourth-order valence-corrected chi connectivity index (χ4v) is 4.92. The lowest BCUT2D eigenvalue weighted by Crippen LogP contribution is -2.37. The number of hydroxylamine groups is 1. The minimum Gasteiger partial charge on any atom is -0.494 e. The number of rotatable bonds is 5. The highest BCUT2D eigenvalue weighted by Crippen LogP contribution is 2.49. The van der Waals surface area contributed by atoms with E-state index in [0.29, 0.717) is 39.3 Å². The number of carbonyl (C=O) groups excluding carboxylic acids is 2. The summed E-state index contributed by atoms with van der Waals surface area (Å²) >= 11 is 12.7. The van der Waals surface area contributed by atoms with E-state index in [1.54, 1.807) is 47.5 Å². The Bertz CT molecular complexity index is 1220. The van der Waals surface area contributed by atoms with Gasteiger partial charge in [-0.2, -0.15) is 0 Å².